The third-order valence-corrected chi connectivity index (χ3v) is 5.84. The molecule has 0 bridgehead atoms. The lowest BCUT2D eigenvalue weighted by molar-refractivity contribution is -0.134. The number of rotatable bonds is 8. The molecule has 0 saturated heterocycles. The van der Waals surface area contributed by atoms with Crippen molar-refractivity contribution in [3.05, 3.63) is 93.8 Å². The van der Waals surface area contributed by atoms with Crippen LogP contribution in [0.2, 0.25) is 10.0 Å². The lowest BCUT2D eigenvalue weighted by atomic mass is 9.82. The largest absolute Gasteiger partial charge is 0.462 e. The van der Waals surface area contributed by atoms with Gasteiger partial charge in [0.1, 0.15) is 5.82 Å². The Morgan fingerprint density at radius 1 is 1.06 bits per heavy atom. The molecule has 0 aliphatic carbocycles. The lowest BCUT2D eigenvalue weighted by Crippen LogP contribution is -2.48. The Morgan fingerprint density at radius 3 is 2.38 bits per heavy atom. The first-order chi connectivity index (χ1) is 15.2. The van der Waals surface area contributed by atoms with E-state index < -0.39 is 5.60 Å². The molecule has 32 heavy (non-hydrogen) atoms. The van der Waals surface area contributed by atoms with Crippen molar-refractivity contribution >= 4 is 29.1 Å². The number of benzene rings is 2. The molecule has 0 spiro atoms. The summed E-state index contributed by atoms with van der Waals surface area (Å²) in [5.74, 6) is -0.499. The maximum Gasteiger partial charge on any atom is 0.263 e. The zero-order chi connectivity index (χ0) is 23.3. The fourth-order valence-electron chi connectivity index (χ4n) is 3.47. The summed E-state index contributed by atoms with van der Waals surface area (Å²) in [7, 11) is 0. The Kier molecular flexibility index (Phi) is 7.75. The number of hydrogen-bond donors (Lipinski definition) is 1. The highest BCUT2D eigenvalue weighted by molar-refractivity contribution is 6.30. The Hall–Kier alpha value is -2.63. The summed E-state index contributed by atoms with van der Waals surface area (Å²) in [6.45, 7) is 5.67. The van der Waals surface area contributed by atoms with Gasteiger partial charge in [0.25, 0.3) is 5.91 Å². The molecule has 1 N–H and O–H groups in total. The van der Waals surface area contributed by atoms with Gasteiger partial charge in [0.2, 0.25) is 5.88 Å². The molecule has 1 aromatic heterocycles. The van der Waals surface area contributed by atoms with Gasteiger partial charge in [-0.15, -0.1) is 0 Å². The normalized spacial score (nSPS) is 13.3. The van der Waals surface area contributed by atoms with E-state index in [2.05, 4.69) is 10.3 Å². The van der Waals surface area contributed by atoms with Crippen LogP contribution in [0, 0.1) is 5.82 Å². The smallest absolute Gasteiger partial charge is 0.263 e. The summed E-state index contributed by atoms with van der Waals surface area (Å²) in [6.07, 6.45) is 1.46. The Bertz CT molecular complexity index is 1060. The summed E-state index contributed by atoms with van der Waals surface area (Å²) in [5, 5.41) is 4.09. The van der Waals surface area contributed by atoms with Gasteiger partial charge in [-0.05, 0) is 61.2 Å². The number of aromatic nitrogens is 1. The fourth-order valence-corrected chi connectivity index (χ4v) is 3.70. The second-order valence-electron chi connectivity index (χ2n) is 8.14. The number of nitrogens with zero attached hydrogens (tertiary/aromatic N) is 1. The van der Waals surface area contributed by atoms with Crippen LogP contribution in [-0.2, 0) is 4.79 Å². The van der Waals surface area contributed by atoms with Gasteiger partial charge in [-0.1, -0.05) is 54.4 Å². The predicted molar refractivity (Wildman–Crippen MR) is 126 cm³/mol. The standard InChI is InChI=1S/C25H25Cl2FN2O2/c1-16(17-7-9-19(26)10-8-17)22(18-5-4-6-21(28)13-18)15-30-24(31)25(2,3)32-23-12-11-20(27)14-29-23/h4-14,16,22H,15H2,1-3H3,(H,30,31). The minimum absolute atomic E-state index is 0.00340. The topological polar surface area (TPSA) is 51.2 Å². The highest BCUT2D eigenvalue weighted by Crippen LogP contribution is 2.33. The SMILES string of the molecule is CC(c1ccc(Cl)cc1)C(CNC(=O)C(C)(C)Oc1ccc(Cl)cn1)c1cccc(F)c1. The number of pyridine rings is 1. The average Bonchev–Trinajstić information content (AvgIpc) is 2.75. The molecular formula is C25H25Cl2FN2O2. The lowest BCUT2D eigenvalue weighted by Gasteiger charge is -2.29. The number of amides is 1. The van der Waals surface area contributed by atoms with Crippen LogP contribution >= 0.6 is 23.2 Å². The van der Waals surface area contributed by atoms with E-state index in [9.17, 15) is 9.18 Å². The minimum Gasteiger partial charge on any atom is -0.462 e. The van der Waals surface area contributed by atoms with Gasteiger partial charge >= 0.3 is 0 Å². The summed E-state index contributed by atoms with van der Waals surface area (Å²) >= 11 is 11.9. The maximum absolute atomic E-state index is 14.0. The van der Waals surface area contributed by atoms with Crippen molar-refractivity contribution < 1.29 is 13.9 Å². The molecule has 3 rings (SSSR count). The van der Waals surface area contributed by atoms with Gasteiger partial charge in [0, 0.05) is 29.7 Å². The Balaban J connectivity index is 1.77. The zero-order valence-corrected chi connectivity index (χ0v) is 19.6. The van der Waals surface area contributed by atoms with Crippen molar-refractivity contribution in [1.82, 2.24) is 10.3 Å². The van der Waals surface area contributed by atoms with Crippen LogP contribution in [0.25, 0.3) is 0 Å². The van der Waals surface area contributed by atoms with E-state index in [4.69, 9.17) is 27.9 Å². The van der Waals surface area contributed by atoms with Gasteiger partial charge in [-0.25, -0.2) is 9.37 Å². The van der Waals surface area contributed by atoms with Crippen LogP contribution in [0.1, 0.15) is 43.7 Å². The van der Waals surface area contributed by atoms with Gasteiger partial charge in [-0.3, -0.25) is 4.79 Å². The number of hydrogen-bond acceptors (Lipinski definition) is 3. The quantitative estimate of drug-likeness (QED) is 0.411. The number of nitrogens with one attached hydrogen (secondary N) is 1. The molecule has 1 amide bonds. The van der Waals surface area contributed by atoms with Crippen LogP contribution < -0.4 is 10.1 Å². The van der Waals surface area contributed by atoms with Crippen LogP contribution in [-0.4, -0.2) is 23.0 Å². The summed E-state index contributed by atoms with van der Waals surface area (Å²) in [6, 6.07) is 17.2. The first-order valence-corrected chi connectivity index (χ1v) is 11.0. The molecule has 0 aliphatic rings. The van der Waals surface area contributed by atoms with Crippen molar-refractivity contribution in [2.24, 2.45) is 0 Å². The molecule has 1 heterocycles. The molecule has 4 nitrogen and oxygen atoms in total. The van der Waals surface area contributed by atoms with Gasteiger partial charge < -0.3 is 10.1 Å². The first kappa shape index (κ1) is 24.0. The molecular weight excluding hydrogens is 450 g/mol. The van der Waals surface area contributed by atoms with E-state index >= 15 is 0 Å². The highest BCUT2D eigenvalue weighted by Gasteiger charge is 2.32. The van der Waals surface area contributed by atoms with E-state index in [0.717, 1.165) is 11.1 Å². The average molecular weight is 475 g/mol. The summed E-state index contributed by atoms with van der Waals surface area (Å²) in [5.41, 5.74) is 0.668. The molecule has 3 aromatic rings. The van der Waals surface area contributed by atoms with Crippen molar-refractivity contribution in [3.8, 4) is 5.88 Å². The van der Waals surface area contributed by atoms with E-state index in [1.54, 1.807) is 32.0 Å². The number of carbonyl (C=O) groups is 1. The van der Waals surface area contributed by atoms with Crippen LogP contribution in [0.4, 0.5) is 4.39 Å². The van der Waals surface area contributed by atoms with Crippen molar-refractivity contribution in [1.29, 1.82) is 0 Å². The summed E-state index contributed by atoms with van der Waals surface area (Å²) in [4.78, 5) is 17.0. The number of carbonyl (C=O) groups excluding carboxylic acids is 1. The minimum atomic E-state index is -1.17. The van der Waals surface area contributed by atoms with Crippen molar-refractivity contribution in [2.75, 3.05) is 6.54 Å². The molecule has 0 saturated carbocycles. The third-order valence-electron chi connectivity index (χ3n) is 5.37. The maximum atomic E-state index is 14.0. The Labute approximate surface area is 197 Å². The fraction of sp³-hybridized carbons (Fsp3) is 0.280. The van der Waals surface area contributed by atoms with E-state index in [-0.39, 0.29) is 23.6 Å². The van der Waals surface area contributed by atoms with Crippen LogP contribution in [0.15, 0.2) is 66.9 Å². The molecule has 0 aliphatic heterocycles. The number of halogens is 3. The monoisotopic (exact) mass is 474 g/mol. The van der Waals surface area contributed by atoms with Crippen LogP contribution in [0.3, 0.4) is 0 Å². The number of ether oxygens (including phenoxy) is 1. The second kappa shape index (κ2) is 10.3. The van der Waals surface area contributed by atoms with Gasteiger partial charge in [0.15, 0.2) is 5.60 Å². The molecule has 2 unspecified atom stereocenters. The van der Waals surface area contributed by atoms with Crippen molar-refractivity contribution in [3.63, 3.8) is 0 Å². The van der Waals surface area contributed by atoms with Crippen molar-refractivity contribution in [2.45, 2.75) is 38.2 Å². The predicted octanol–water partition coefficient (Wildman–Crippen LogP) is 6.39. The second-order valence-corrected chi connectivity index (χ2v) is 9.01. The molecule has 168 valence electrons. The zero-order valence-electron chi connectivity index (χ0n) is 18.1. The molecule has 0 radical (unpaired) electrons. The Morgan fingerprint density at radius 2 is 1.75 bits per heavy atom. The van der Waals surface area contributed by atoms with Crippen LogP contribution in [0.5, 0.6) is 5.88 Å². The van der Waals surface area contributed by atoms with Gasteiger partial charge in [-0.2, -0.15) is 0 Å². The van der Waals surface area contributed by atoms with E-state index in [0.29, 0.717) is 22.5 Å². The third kappa shape index (κ3) is 6.21. The molecule has 7 heteroatoms. The van der Waals surface area contributed by atoms with E-state index in [1.165, 1.54) is 18.3 Å². The van der Waals surface area contributed by atoms with E-state index in [1.807, 2.05) is 37.3 Å². The first-order valence-electron chi connectivity index (χ1n) is 10.3. The molecule has 0 fully saturated rings. The van der Waals surface area contributed by atoms with Gasteiger partial charge in [0.05, 0.1) is 5.02 Å². The highest BCUT2D eigenvalue weighted by atomic mass is 35.5. The molecule has 2 aromatic carbocycles. The molecule has 2 atom stereocenters. The summed E-state index contributed by atoms with van der Waals surface area (Å²) < 4.78 is 19.7.